The quantitative estimate of drug-likeness (QED) is 0.631. The molecule has 0 radical (unpaired) electrons. The Morgan fingerprint density at radius 2 is 1.74 bits per heavy atom. The molecule has 3 aromatic rings. The first-order chi connectivity index (χ1) is 13.1. The zero-order chi connectivity index (χ0) is 19.1. The molecule has 1 amide bonds. The predicted octanol–water partition coefficient (Wildman–Crippen LogP) is 3.94. The lowest BCUT2D eigenvalue weighted by Crippen LogP contribution is -2.30. The number of hydrogen-bond donors (Lipinski definition) is 1. The summed E-state index contributed by atoms with van der Waals surface area (Å²) in [5, 5.41) is 5.50. The lowest BCUT2D eigenvalue weighted by atomic mass is 10.0. The summed E-state index contributed by atoms with van der Waals surface area (Å²) in [6.07, 6.45) is 0.799. The van der Waals surface area contributed by atoms with E-state index < -0.39 is 5.97 Å². The van der Waals surface area contributed by atoms with Crippen LogP contribution in [0.5, 0.6) is 0 Å². The van der Waals surface area contributed by atoms with Gasteiger partial charge in [-0.3, -0.25) is 9.59 Å². The number of carbonyl (C=O) groups excluding carboxylic acids is 2. The van der Waals surface area contributed by atoms with Crippen molar-refractivity contribution in [3.63, 3.8) is 0 Å². The van der Waals surface area contributed by atoms with Crippen molar-refractivity contribution in [2.24, 2.45) is 0 Å². The Hall–Kier alpha value is -2.85. The number of carbonyl (C=O) groups is 2. The van der Waals surface area contributed by atoms with Crippen LogP contribution in [0.4, 0.5) is 0 Å². The summed E-state index contributed by atoms with van der Waals surface area (Å²) in [4.78, 5) is 23.9. The van der Waals surface area contributed by atoms with E-state index in [0.717, 1.165) is 21.9 Å². The second kappa shape index (κ2) is 9.19. The largest absolute Gasteiger partial charge is 0.455 e. The molecule has 1 N–H and O–H groups in total. The first-order valence-corrected chi connectivity index (χ1v) is 9.13. The highest BCUT2D eigenvalue weighted by atomic mass is 35.5. The number of halogens is 1. The molecule has 0 saturated heterocycles. The van der Waals surface area contributed by atoms with Crippen molar-refractivity contribution < 1.29 is 14.3 Å². The van der Waals surface area contributed by atoms with E-state index in [0.29, 0.717) is 18.0 Å². The third-order valence-corrected chi connectivity index (χ3v) is 4.44. The van der Waals surface area contributed by atoms with E-state index in [1.807, 2.05) is 60.7 Å². The number of hydrogen-bond acceptors (Lipinski definition) is 3. The van der Waals surface area contributed by atoms with Crippen LogP contribution in [-0.2, 0) is 27.2 Å². The standard InChI is InChI=1S/C22H20ClNO3/c23-19-9-3-5-16(13-19)11-12-24-21(25)15-27-22(26)14-18-8-4-7-17-6-1-2-10-20(17)18/h1-10,13H,11-12,14-15H2,(H,24,25). The molecule has 5 heteroatoms. The summed E-state index contributed by atoms with van der Waals surface area (Å²) in [5.41, 5.74) is 1.93. The lowest BCUT2D eigenvalue weighted by molar-refractivity contribution is -0.147. The first kappa shape index (κ1) is 18.9. The summed E-state index contributed by atoms with van der Waals surface area (Å²) in [5.74, 6) is -0.736. The van der Waals surface area contributed by atoms with Gasteiger partial charge in [0.2, 0.25) is 0 Å². The average Bonchev–Trinajstić information content (AvgIpc) is 2.67. The molecule has 0 aliphatic carbocycles. The molecule has 0 aliphatic heterocycles. The number of amides is 1. The van der Waals surface area contributed by atoms with Gasteiger partial charge in [0.1, 0.15) is 0 Å². The Morgan fingerprint density at radius 3 is 2.59 bits per heavy atom. The van der Waals surface area contributed by atoms with Crippen LogP contribution in [0.1, 0.15) is 11.1 Å². The SMILES string of the molecule is O=C(COC(=O)Cc1cccc2ccccc12)NCCc1cccc(Cl)c1. The fourth-order valence-corrected chi connectivity index (χ4v) is 3.10. The number of nitrogens with one attached hydrogen (secondary N) is 1. The molecule has 138 valence electrons. The van der Waals surface area contributed by atoms with Crippen LogP contribution in [0.2, 0.25) is 5.02 Å². The Balaban J connectivity index is 1.44. The van der Waals surface area contributed by atoms with E-state index in [1.54, 1.807) is 6.07 Å². The molecular formula is C22H20ClNO3. The molecule has 0 saturated carbocycles. The van der Waals surface area contributed by atoms with Gasteiger partial charge in [0, 0.05) is 11.6 Å². The van der Waals surface area contributed by atoms with Crippen LogP contribution in [-0.4, -0.2) is 25.0 Å². The number of benzene rings is 3. The number of fused-ring (bicyclic) bond motifs is 1. The van der Waals surface area contributed by atoms with Crippen LogP contribution in [0, 0.1) is 0 Å². The minimum absolute atomic E-state index is 0.136. The summed E-state index contributed by atoms with van der Waals surface area (Å²) < 4.78 is 5.11. The van der Waals surface area contributed by atoms with Gasteiger partial charge in [-0.05, 0) is 40.5 Å². The lowest BCUT2D eigenvalue weighted by Gasteiger charge is -2.08. The van der Waals surface area contributed by atoms with Crippen LogP contribution in [0.15, 0.2) is 66.7 Å². The monoisotopic (exact) mass is 381 g/mol. The second-order valence-corrected chi connectivity index (χ2v) is 6.64. The molecular weight excluding hydrogens is 362 g/mol. The third-order valence-electron chi connectivity index (χ3n) is 4.20. The van der Waals surface area contributed by atoms with Crippen molar-refractivity contribution >= 4 is 34.2 Å². The highest BCUT2D eigenvalue weighted by Crippen LogP contribution is 2.19. The number of rotatable bonds is 7. The molecule has 0 fully saturated rings. The van der Waals surface area contributed by atoms with Gasteiger partial charge < -0.3 is 10.1 Å². The van der Waals surface area contributed by atoms with Crippen molar-refractivity contribution in [1.29, 1.82) is 0 Å². The highest BCUT2D eigenvalue weighted by molar-refractivity contribution is 6.30. The van der Waals surface area contributed by atoms with Gasteiger partial charge in [0.25, 0.3) is 5.91 Å². The van der Waals surface area contributed by atoms with Crippen molar-refractivity contribution in [1.82, 2.24) is 5.32 Å². The summed E-state index contributed by atoms with van der Waals surface area (Å²) in [6.45, 7) is 0.180. The van der Waals surface area contributed by atoms with Gasteiger partial charge in [-0.25, -0.2) is 0 Å². The summed E-state index contributed by atoms with van der Waals surface area (Å²) >= 11 is 5.93. The fraction of sp³-hybridized carbons (Fsp3) is 0.182. The molecule has 0 heterocycles. The van der Waals surface area contributed by atoms with E-state index in [9.17, 15) is 9.59 Å². The van der Waals surface area contributed by atoms with Gasteiger partial charge in [-0.2, -0.15) is 0 Å². The Labute approximate surface area is 163 Å². The molecule has 3 rings (SSSR count). The molecule has 0 spiro atoms. The molecule has 27 heavy (non-hydrogen) atoms. The zero-order valence-electron chi connectivity index (χ0n) is 14.8. The van der Waals surface area contributed by atoms with E-state index in [1.165, 1.54) is 0 Å². The van der Waals surface area contributed by atoms with Gasteiger partial charge in [0.15, 0.2) is 6.61 Å². The smallest absolute Gasteiger partial charge is 0.310 e. The molecule has 0 bridgehead atoms. The highest BCUT2D eigenvalue weighted by Gasteiger charge is 2.10. The van der Waals surface area contributed by atoms with Crippen molar-refractivity contribution in [3.8, 4) is 0 Å². The minimum atomic E-state index is -0.420. The van der Waals surface area contributed by atoms with E-state index in [-0.39, 0.29) is 18.9 Å². The second-order valence-electron chi connectivity index (χ2n) is 6.21. The summed E-state index contributed by atoms with van der Waals surface area (Å²) in [6, 6.07) is 21.1. The van der Waals surface area contributed by atoms with Crippen LogP contribution in [0.25, 0.3) is 10.8 Å². The van der Waals surface area contributed by atoms with Gasteiger partial charge in [-0.15, -0.1) is 0 Å². The average molecular weight is 382 g/mol. The van der Waals surface area contributed by atoms with Gasteiger partial charge >= 0.3 is 5.97 Å². The van der Waals surface area contributed by atoms with Crippen LogP contribution in [0.3, 0.4) is 0 Å². The normalized spacial score (nSPS) is 10.6. The maximum Gasteiger partial charge on any atom is 0.310 e. The van der Waals surface area contributed by atoms with Crippen molar-refractivity contribution in [2.75, 3.05) is 13.2 Å². The molecule has 0 atom stereocenters. The van der Waals surface area contributed by atoms with E-state index >= 15 is 0 Å². The maximum absolute atomic E-state index is 12.1. The number of ether oxygens (including phenoxy) is 1. The van der Waals surface area contributed by atoms with Gasteiger partial charge in [0.05, 0.1) is 6.42 Å². The van der Waals surface area contributed by atoms with Crippen molar-refractivity contribution in [2.45, 2.75) is 12.8 Å². The minimum Gasteiger partial charge on any atom is -0.455 e. The molecule has 0 aliphatic rings. The first-order valence-electron chi connectivity index (χ1n) is 8.75. The maximum atomic E-state index is 12.1. The molecule has 0 unspecified atom stereocenters. The fourth-order valence-electron chi connectivity index (χ4n) is 2.89. The predicted molar refractivity (Wildman–Crippen MR) is 107 cm³/mol. The Kier molecular flexibility index (Phi) is 6.44. The molecule has 3 aromatic carbocycles. The molecule has 0 aromatic heterocycles. The van der Waals surface area contributed by atoms with Gasteiger partial charge in [-0.1, -0.05) is 66.2 Å². The zero-order valence-corrected chi connectivity index (χ0v) is 15.5. The summed E-state index contributed by atoms with van der Waals surface area (Å²) in [7, 11) is 0. The topological polar surface area (TPSA) is 55.4 Å². The van der Waals surface area contributed by atoms with Crippen molar-refractivity contribution in [3.05, 3.63) is 82.9 Å². The third kappa shape index (κ3) is 5.56. The van der Waals surface area contributed by atoms with E-state index in [2.05, 4.69) is 5.32 Å². The Bertz CT molecular complexity index is 950. The number of esters is 1. The Morgan fingerprint density at radius 1 is 0.963 bits per heavy atom. The van der Waals surface area contributed by atoms with Crippen LogP contribution >= 0.6 is 11.6 Å². The molecule has 4 nitrogen and oxygen atoms in total. The van der Waals surface area contributed by atoms with E-state index in [4.69, 9.17) is 16.3 Å². The van der Waals surface area contributed by atoms with Crippen LogP contribution < -0.4 is 5.32 Å².